The van der Waals surface area contributed by atoms with Gasteiger partial charge >= 0.3 is 0 Å². The molecule has 1 N–H and O–H groups in total. The van der Waals surface area contributed by atoms with Crippen LogP contribution in [0.2, 0.25) is 0 Å². The van der Waals surface area contributed by atoms with Gasteiger partial charge in [-0.2, -0.15) is 0 Å². The summed E-state index contributed by atoms with van der Waals surface area (Å²) in [7, 11) is 0. The first-order chi connectivity index (χ1) is 9.24. The highest BCUT2D eigenvalue weighted by atomic mass is 16.1. The van der Waals surface area contributed by atoms with Crippen LogP contribution in [0, 0.1) is 5.92 Å². The van der Waals surface area contributed by atoms with Crippen molar-refractivity contribution in [3.63, 3.8) is 0 Å². The Kier molecular flexibility index (Phi) is 5.00. The molecule has 1 aromatic carbocycles. The van der Waals surface area contributed by atoms with Gasteiger partial charge in [-0.3, -0.25) is 4.79 Å². The van der Waals surface area contributed by atoms with Gasteiger partial charge in [0.05, 0.1) is 0 Å². The Balaban J connectivity index is 1.99. The lowest BCUT2D eigenvalue weighted by Crippen LogP contribution is -2.29. The molecule has 0 spiro atoms. The van der Waals surface area contributed by atoms with Gasteiger partial charge in [-0.05, 0) is 54.9 Å². The zero-order chi connectivity index (χ0) is 13.7. The summed E-state index contributed by atoms with van der Waals surface area (Å²) in [6.45, 7) is 5.15. The Bertz CT molecular complexity index is 435. The fourth-order valence-electron chi connectivity index (χ4n) is 2.79. The fourth-order valence-corrected chi connectivity index (χ4v) is 2.79. The van der Waals surface area contributed by atoms with Crippen molar-refractivity contribution in [2.24, 2.45) is 5.92 Å². The molecule has 0 aromatic heterocycles. The second-order valence-electron chi connectivity index (χ2n) is 5.58. The minimum Gasteiger partial charge on any atom is -0.352 e. The van der Waals surface area contributed by atoms with E-state index in [1.54, 1.807) is 0 Å². The standard InChI is InChI=1S/C17H25NO/c1-3-13(4-2)12-18-17(19)16-10-9-14-7-5-6-8-15(14)11-16/h9-11,13H,3-8,12H2,1-2H3,(H,18,19). The average molecular weight is 259 g/mol. The van der Waals surface area contributed by atoms with Crippen LogP contribution in [-0.2, 0) is 12.8 Å². The number of rotatable bonds is 5. The van der Waals surface area contributed by atoms with Crippen molar-refractivity contribution in [2.75, 3.05) is 6.54 Å². The second-order valence-corrected chi connectivity index (χ2v) is 5.58. The van der Waals surface area contributed by atoms with Gasteiger partial charge in [-0.1, -0.05) is 32.8 Å². The fraction of sp³-hybridized carbons (Fsp3) is 0.588. The number of amides is 1. The van der Waals surface area contributed by atoms with Crippen molar-refractivity contribution in [1.82, 2.24) is 5.32 Å². The summed E-state index contributed by atoms with van der Waals surface area (Å²) in [6, 6.07) is 6.21. The summed E-state index contributed by atoms with van der Waals surface area (Å²) in [4.78, 5) is 12.2. The second kappa shape index (κ2) is 6.74. The molecule has 0 saturated heterocycles. The molecule has 0 atom stereocenters. The van der Waals surface area contributed by atoms with Gasteiger partial charge in [-0.15, -0.1) is 0 Å². The summed E-state index contributed by atoms with van der Waals surface area (Å²) < 4.78 is 0. The van der Waals surface area contributed by atoms with Crippen LogP contribution in [0.15, 0.2) is 18.2 Å². The zero-order valence-corrected chi connectivity index (χ0v) is 12.2. The van der Waals surface area contributed by atoms with Gasteiger partial charge in [0.1, 0.15) is 0 Å². The Labute approximate surface area is 116 Å². The molecule has 104 valence electrons. The highest BCUT2D eigenvalue weighted by molar-refractivity contribution is 5.94. The van der Waals surface area contributed by atoms with E-state index in [0.717, 1.165) is 31.4 Å². The van der Waals surface area contributed by atoms with Crippen molar-refractivity contribution in [3.05, 3.63) is 34.9 Å². The van der Waals surface area contributed by atoms with Crippen molar-refractivity contribution in [2.45, 2.75) is 52.4 Å². The molecule has 0 radical (unpaired) electrons. The van der Waals surface area contributed by atoms with E-state index in [9.17, 15) is 4.79 Å². The summed E-state index contributed by atoms with van der Waals surface area (Å²) in [5, 5.41) is 3.07. The minimum atomic E-state index is 0.0836. The number of aryl methyl sites for hydroxylation is 2. The molecule has 1 aromatic rings. The number of nitrogens with one attached hydrogen (secondary N) is 1. The topological polar surface area (TPSA) is 29.1 Å². The van der Waals surface area contributed by atoms with Crippen LogP contribution in [0.3, 0.4) is 0 Å². The van der Waals surface area contributed by atoms with Crippen molar-refractivity contribution in [1.29, 1.82) is 0 Å². The van der Waals surface area contributed by atoms with E-state index in [1.807, 2.05) is 6.07 Å². The summed E-state index contributed by atoms with van der Waals surface area (Å²) >= 11 is 0. The molecule has 2 heteroatoms. The lowest BCUT2D eigenvalue weighted by Gasteiger charge is -2.17. The van der Waals surface area contributed by atoms with Gasteiger partial charge in [0.15, 0.2) is 0 Å². The van der Waals surface area contributed by atoms with Crippen LogP contribution >= 0.6 is 0 Å². The van der Waals surface area contributed by atoms with E-state index in [-0.39, 0.29) is 5.91 Å². The van der Waals surface area contributed by atoms with Crippen LogP contribution < -0.4 is 5.32 Å². The number of benzene rings is 1. The quantitative estimate of drug-likeness (QED) is 0.857. The van der Waals surface area contributed by atoms with Crippen LogP contribution in [-0.4, -0.2) is 12.5 Å². The molecular weight excluding hydrogens is 234 g/mol. The number of fused-ring (bicyclic) bond motifs is 1. The maximum atomic E-state index is 12.2. The number of hydrogen-bond donors (Lipinski definition) is 1. The van der Waals surface area contributed by atoms with Gasteiger partial charge < -0.3 is 5.32 Å². The van der Waals surface area contributed by atoms with Crippen molar-refractivity contribution >= 4 is 5.91 Å². The molecule has 0 fully saturated rings. The van der Waals surface area contributed by atoms with Gasteiger partial charge in [0.2, 0.25) is 0 Å². The molecule has 1 aliphatic carbocycles. The first kappa shape index (κ1) is 14.1. The first-order valence-corrected chi connectivity index (χ1v) is 7.64. The highest BCUT2D eigenvalue weighted by Gasteiger charge is 2.13. The third-order valence-corrected chi connectivity index (χ3v) is 4.32. The normalized spacial score (nSPS) is 14.3. The Hall–Kier alpha value is -1.31. The summed E-state index contributed by atoms with van der Waals surface area (Å²) in [5.74, 6) is 0.682. The predicted molar refractivity (Wildman–Crippen MR) is 79.5 cm³/mol. The largest absolute Gasteiger partial charge is 0.352 e. The first-order valence-electron chi connectivity index (χ1n) is 7.64. The van der Waals surface area contributed by atoms with Gasteiger partial charge in [-0.25, -0.2) is 0 Å². The lowest BCUT2D eigenvalue weighted by molar-refractivity contribution is 0.0946. The molecule has 2 nitrogen and oxygen atoms in total. The molecule has 0 saturated carbocycles. The van der Waals surface area contributed by atoms with E-state index in [2.05, 4.69) is 31.3 Å². The average Bonchev–Trinajstić information content (AvgIpc) is 2.47. The van der Waals surface area contributed by atoms with E-state index >= 15 is 0 Å². The van der Waals surface area contributed by atoms with Gasteiger partial charge in [0.25, 0.3) is 5.91 Å². The Morgan fingerprint density at radius 1 is 1.16 bits per heavy atom. The molecule has 0 unspecified atom stereocenters. The SMILES string of the molecule is CCC(CC)CNC(=O)c1ccc2c(c1)CCCC2. The third-order valence-electron chi connectivity index (χ3n) is 4.32. The van der Waals surface area contributed by atoms with Crippen LogP contribution in [0.25, 0.3) is 0 Å². The zero-order valence-electron chi connectivity index (χ0n) is 12.2. The van der Waals surface area contributed by atoms with Crippen LogP contribution in [0.1, 0.15) is 61.0 Å². The maximum Gasteiger partial charge on any atom is 0.251 e. The number of carbonyl (C=O) groups excluding carboxylic acids is 1. The third kappa shape index (κ3) is 3.59. The lowest BCUT2D eigenvalue weighted by atomic mass is 9.90. The molecule has 0 heterocycles. The molecule has 2 rings (SSSR count). The van der Waals surface area contributed by atoms with E-state index in [1.165, 1.54) is 30.4 Å². The molecule has 19 heavy (non-hydrogen) atoms. The monoisotopic (exact) mass is 259 g/mol. The molecule has 1 aliphatic rings. The van der Waals surface area contributed by atoms with Crippen molar-refractivity contribution < 1.29 is 4.79 Å². The van der Waals surface area contributed by atoms with E-state index < -0.39 is 0 Å². The smallest absolute Gasteiger partial charge is 0.251 e. The summed E-state index contributed by atoms with van der Waals surface area (Å²) in [5.41, 5.74) is 3.64. The molecule has 0 bridgehead atoms. The van der Waals surface area contributed by atoms with E-state index in [0.29, 0.717) is 5.92 Å². The van der Waals surface area contributed by atoms with Crippen LogP contribution in [0.4, 0.5) is 0 Å². The Morgan fingerprint density at radius 2 is 1.84 bits per heavy atom. The van der Waals surface area contributed by atoms with Crippen molar-refractivity contribution in [3.8, 4) is 0 Å². The molecule has 1 amide bonds. The predicted octanol–water partition coefficient (Wildman–Crippen LogP) is 3.73. The minimum absolute atomic E-state index is 0.0836. The van der Waals surface area contributed by atoms with E-state index in [4.69, 9.17) is 0 Å². The summed E-state index contributed by atoms with van der Waals surface area (Å²) in [6.07, 6.45) is 7.09. The number of carbonyl (C=O) groups is 1. The van der Waals surface area contributed by atoms with Gasteiger partial charge in [0, 0.05) is 12.1 Å². The number of hydrogen-bond acceptors (Lipinski definition) is 1. The van der Waals surface area contributed by atoms with Crippen LogP contribution in [0.5, 0.6) is 0 Å². The highest BCUT2D eigenvalue weighted by Crippen LogP contribution is 2.22. The Morgan fingerprint density at radius 3 is 2.53 bits per heavy atom. The molecular formula is C17H25NO. The maximum absolute atomic E-state index is 12.2. The molecule has 0 aliphatic heterocycles.